The fourth-order valence-electron chi connectivity index (χ4n) is 4.32. The monoisotopic (exact) mass is 418 g/mol. The molecule has 7 nitrogen and oxygen atoms in total. The topological polar surface area (TPSA) is 96.5 Å². The standard InChI is InChI=1S/C21H26N2O5S/c1-13-3-5-18-16(9-13)17-10-14(4-6-19(17)22-18)21(25)28-11-20(24)23(2)15-7-8-29(26,27)12-15/h4,6,10,13,15,22H,3,5,7-9,11-12H2,1-2H3. The molecule has 2 unspecified atom stereocenters. The first-order valence-corrected chi connectivity index (χ1v) is 11.8. The number of fused-ring (bicyclic) bond motifs is 3. The normalized spacial score (nSPS) is 23.0. The number of aromatic nitrogens is 1. The number of hydrogen-bond acceptors (Lipinski definition) is 5. The molecule has 156 valence electrons. The number of ether oxygens (including phenoxy) is 1. The number of H-pyrrole nitrogens is 1. The lowest BCUT2D eigenvalue weighted by molar-refractivity contribution is -0.134. The fraction of sp³-hybridized carbons (Fsp3) is 0.524. The van der Waals surface area contributed by atoms with E-state index in [1.165, 1.54) is 16.2 Å². The van der Waals surface area contributed by atoms with Crippen molar-refractivity contribution in [2.45, 2.75) is 38.6 Å². The Labute approximate surface area is 170 Å². The van der Waals surface area contributed by atoms with Crippen LogP contribution < -0.4 is 0 Å². The van der Waals surface area contributed by atoms with Crippen molar-refractivity contribution < 1.29 is 22.7 Å². The summed E-state index contributed by atoms with van der Waals surface area (Å²) >= 11 is 0. The number of likely N-dealkylation sites (N-methyl/N-ethyl adjacent to an activating group) is 1. The molecule has 1 aliphatic carbocycles. The van der Waals surface area contributed by atoms with Crippen molar-refractivity contribution in [2.24, 2.45) is 5.92 Å². The van der Waals surface area contributed by atoms with Gasteiger partial charge in [0.2, 0.25) is 0 Å². The molecular formula is C21H26N2O5S. The molecule has 8 heteroatoms. The Balaban J connectivity index is 1.42. The van der Waals surface area contributed by atoms with Gasteiger partial charge in [-0.2, -0.15) is 0 Å². The highest BCUT2D eigenvalue weighted by atomic mass is 32.2. The maximum absolute atomic E-state index is 12.5. The van der Waals surface area contributed by atoms with Crippen molar-refractivity contribution in [2.75, 3.05) is 25.2 Å². The van der Waals surface area contributed by atoms with Gasteiger partial charge < -0.3 is 14.6 Å². The maximum Gasteiger partial charge on any atom is 0.338 e. The van der Waals surface area contributed by atoms with Crippen molar-refractivity contribution in [1.82, 2.24) is 9.88 Å². The number of nitrogens with zero attached hydrogens (tertiary/aromatic N) is 1. The zero-order chi connectivity index (χ0) is 20.8. The zero-order valence-electron chi connectivity index (χ0n) is 16.7. The fourth-order valence-corrected chi connectivity index (χ4v) is 6.09. The number of sulfone groups is 1. The molecule has 2 aliphatic rings. The van der Waals surface area contributed by atoms with Crippen LogP contribution >= 0.6 is 0 Å². The first-order valence-electron chi connectivity index (χ1n) is 10.00. The number of aromatic amines is 1. The average Bonchev–Trinajstić information content (AvgIpc) is 3.24. The van der Waals surface area contributed by atoms with Gasteiger partial charge in [0.15, 0.2) is 16.4 Å². The molecular weight excluding hydrogens is 392 g/mol. The molecule has 1 aromatic heterocycles. The summed E-state index contributed by atoms with van der Waals surface area (Å²) in [6, 6.07) is 5.07. The smallest absolute Gasteiger partial charge is 0.338 e. The summed E-state index contributed by atoms with van der Waals surface area (Å²) in [4.78, 5) is 29.6. The molecule has 2 heterocycles. The van der Waals surface area contributed by atoms with E-state index in [0.717, 1.165) is 30.2 Å². The quantitative estimate of drug-likeness (QED) is 0.767. The number of aryl methyl sites for hydroxylation is 1. The minimum atomic E-state index is -3.08. The summed E-state index contributed by atoms with van der Waals surface area (Å²) < 4.78 is 28.4. The van der Waals surface area contributed by atoms with Gasteiger partial charge in [0, 0.05) is 29.7 Å². The van der Waals surface area contributed by atoms with E-state index in [9.17, 15) is 18.0 Å². The minimum Gasteiger partial charge on any atom is -0.452 e. The predicted octanol–water partition coefficient (Wildman–Crippen LogP) is 2.09. The van der Waals surface area contributed by atoms with Crippen molar-refractivity contribution in [3.8, 4) is 0 Å². The van der Waals surface area contributed by atoms with Crippen LogP contribution in [-0.2, 0) is 32.2 Å². The number of carbonyl (C=O) groups excluding carboxylic acids is 2. The van der Waals surface area contributed by atoms with Crippen LogP contribution in [0.5, 0.6) is 0 Å². The molecule has 1 saturated heterocycles. The van der Waals surface area contributed by atoms with E-state index in [1.54, 1.807) is 13.1 Å². The van der Waals surface area contributed by atoms with Gasteiger partial charge in [-0.3, -0.25) is 4.79 Å². The second kappa shape index (κ2) is 7.48. The second-order valence-corrected chi connectivity index (χ2v) is 10.6. The number of carbonyl (C=O) groups is 2. The number of benzene rings is 1. The molecule has 0 saturated carbocycles. The van der Waals surface area contributed by atoms with Gasteiger partial charge in [-0.25, -0.2) is 13.2 Å². The Morgan fingerprint density at radius 3 is 2.79 bits per heavy atom. The van der Waals surface area contributed by atoms with Gasteiger partial charge in [0.25, 0.3) is 5.91 Å². The highest BCUT2D eigenvalue weighted by molar-refractivity contribution is 7.91. The van der Waals surface area contributed by atoms with Gasteiger partial charge in [-0.05, 0) is 55.4 Å². The van der Waals surface area contributed by atoms with Crippen molar-refractivity contribution >= 4 is 32.6 Å². The Morgan fingerprint density at radius 2 is 2.07 bits per heavy atom. The molecule has 1 amide bonds. The van der Waals surface area contributed by atoms with Gasteiger partial charge in [0.1, 0.15) is 0 Å². The summed E-state index contributed by atoms with van der Waals surface area (Å²) in [5.74, 6) is -0.267. The third-order valence-electron chi connectivity index (χ3n) is 6.15. The summed E-state index contributed by atoms with van der Waals surface area (Å²) in [6.07, 6.45) is 3.59. The van der Waals surface area contributed by atoms with Gasteiger partial charge >= 0.3 is 5.97 Å². The highest BCUT2D eigenvalue weighted by Gasteiger charge is 2.33. The van der Waals surface area contributed by atoms with Crippen molar-refractivity contribution in [3.63, 3.8) is 0 Å². The van der Waals surface area contributed by atoms with Crippen LogP contribution in [0.2, 0.25) is 0 Å². The highest BCUT2D eigenvalue weighted by Crippen LogP contribution is 2.32. The van der Waals surface area contributed by atoms with Crippen LogP contribution in [-0.4, -0.2) is 61.4 Å². The molecule has 2 aromatic rings. The zero-order valence-corrected chi connectivity index (χ0v) is 17.5. The second-order valence-electron chi connectivity index (χ2n) is 8.33. The Bertz CT molecular complexity index is 1070. The van der Waals surface area contributed by atoms with E-state index in [4.69, 9.17) is 4.74 Å². The third-order valence-corrected chi connectivity index (χ3v) is 7.90. The maximum atomic E-state index is 12.5. The van der Waals surface area contributed by atoms with Gasteiger partial charge in [-0.15, -0.1) is 0 Å². The molecule has 2 atom stereocenters. The SMILES string of the molecule is CC1CCc2[nH]c3ccc(C(=O)OCC(=O)N(C)C4CCS(=O)(=O)C4)cc3c2C1. The van der Waals surface area contributed by atoms with Crippen LogP contribution in [0.15, 0.2) is 18.2 Å². The molecule has 4 rings (SSSR count). The lowest BCUT2D eigenvalue weighted by atomic mass is 9.87. The summed E-state index contributed by atoms with van der Waals surface area (Å²) in [6.45, 7) is 1.84. The first kappa shape index (κ1) is 19.9. The molecule has 1 aromatic carbocycles. The number of rotatable bonds is 4. The van der Waals surface area contributed by atoms with Crippen molar-refractivity contribution in [3.05, 3.63) is 35.0 Å². The van der Waals surface area contributed by atoms with Crippen LogP contribution in [0.1, 0.15) is 41.4 Å². The van der Waals surface area contributed by atoms with E-state index < -0.39 is 28.3 Å². The van der Waals surface area contributed by atoms with Gasteiger partial charge in [0.05, 0.1) is 17.1 Å². The Kier molecular flexibility index (Phi) is 5.14. The summed E-state index contributed by atoms with van der Waals surface area (Å²) in [5, 5.41) is 1.04. The lowest BCUT2D eigenvalue weighted by Gasteiger charge is -2.23. The lowest BCUT2D eigenvalue weighted by Crippen LogP contribution is -2.40. The number of amides is 1. The summed E-state index contributed by atoms with van der Waals surface area (Å²) in [5.41, 5.74) is 3.94. The van der Waals surface area contributed by atoms with Crippen LogP contribution in [0, 0.1) is 5.92 Å². The van der Waals surface area contributed by atoms with E-state index >= 15 is 0 Å². The molecule has 1 N–H and O–H groups in total. The van der Waals surface area contributed by atoms with Crippen LogP contribution in [0.4, 0.5) is 0 Å². The first-order chi connectivity index (χ1) is 13.7. The molecule has 1 fully saturated rings. The molecule has 29 heavy (non-hydrogen) atoms. The molecule has 0 spiro atoms. The summed E-state index contributed by atoms with van der Waals surface area (Å²) in [7, 11) is -1.52. The van der Waals surface area contributed by atoms with E-state index in [0.29, 0.717) is 17.9 Å². The number of esters is 1. The molecule has 0 bridgehead atoms. The van der Waals surface area contributed by atoms with E-state index in [-0.39, 0.29) is 17.5 Å². The van der Waals surface area contributed by atoms with Crippen LogP contribution in [0.3, 0.4) is 0 Å². The minimum absolute atomic E-state index is 0.0309. The van der Waals surface area contributed by atoms with E-state index in [1.807, 2.05) is 12.1 Å². The Hall–Kier alpha value is -2.35. The van der Waals surface area contributed by atoms with Crippen LogP contribution in [0.25, 0.3) is 10.9 Å². The molecule has 0 radical (unpaired) electrons. The molecule has 1 aliphatic heterocycles. The van der Waals surface area contributed by atoms with Crippen molar-refractivity contribution in [1.29, 1.82) is 0 Å². The predicted molar refractivity (Wildman–Crippen MR) is 110 cm³/mol. The number of hydrogen-bond donors (Lipinski definition) is 1. The number of nitrogens with one attached hydrogen (secondary N) is 1. The Morgan fingerprint density at radius 1 is 1.28 bits per heavy atom. The largest absolute Gasteiger partial charge is 0.452 e. The third kappa shape index (κ3) is 4.03. The van der Waals surface area contributed by atoms with Gasteiger partial charge in [-0.1, -0.05) is 6.92 Å². The average molecular weight is 419 g/mol. The van der Waals surface area contributed by atoms with E-state index in [2.05, 4.69) is 11.9 Å².